The summed E-state index contributed by atoms with van der Waals surface area (Å²) in [6.07, 6.45) is 0. The summed E-state index contributed by atoms with van der Waals surface area (Å²) in [5.41, 5.74) is -0.0773. The molecule has 26 heavy (non-hydrogen) atoms. The van der Waals surface area contributed by atoms with Crippen molar-refractivity contribution in [1.82, 2.24) is 0 Å². The van der Waals surface area contributed by atoms with Crippen LogP contribution in [0.25, 0.3) is 0 Å². The van der Waals surface area contributed by atoms with Gasteiger partial charge in [0.15, 0.2) is 11.5 Å². The van der Waals surface area contributed by atoms with E-state index < -0.39 is 0 Å². The predicted molar refractivity (Wildman–Crippen MR) is 109 cm³/mol. The first-order chi connectivity index (χ1) is 12.2. The number of nitrogens with one attached hydrogen (secondary N) is 1. The molecule has 0 fully saturated rings. The molecule has 0 aliphatic carbocycles. The Morgan fingerprint density at radius 3 is 2.46 bits per heavy atom. The highest BCUT2D eigenvalue weighted by Gasteiger charge is 2.31. The van der Waals surface area contributed by atoms with Crippen LogP contribution < -0.4 is 14.8 Å². The lowest BCUT2D eigenvalue weighted by molar-refractivity contribution is -0.703. The number of rotatable bonds is 7. The Balaban J connectivity index is 2.48. The summed E-state index contributed by atoms with van der Waals surface area (Å²) >= 11 is 3.32. The van der Waals surface area contributed by atoms with Crippen LogP contribution >= 0.6 is 23.1 Å². The molecule has 0 atom stereocenters. The van der Waals surface area contributed by atoms with E-state index in [9.17, 15) is 4.79 Å². The second kappa shape index (κ2) is 8.77. The first kappa shape index (κ1) is 20.6. The van der Waals surface area contributed by atoms with Gasteiger partial charge in [-0.1, -0.05) is 29.5 Å². The Hall–Kier alpha value is -1.73. The lowest BCUT2D eigenvalue weighted by Crippen LogP contribution is -2.43. The van der Waals surface area contributed by atoms with E-state index in [-0.39, 0.29) is 18.1 Å². The second-order valence-corrected chi connectivity index (χ2v) is 9.42. The maximum absolute atomic E-state index is 12.2. The number of carbonyl (C=O) groups excluding carboxylic acids is 1. The fraction of sp³-hybridized carbons (Fsp3) is 0.474. The van der Waals surface area contributed by atoms with Gasteiger partial charge in [0.1, 0.15) is 0 Å². The average molecular weight is 395 g/mol. The third-order valence-corrected chi connectivity index (χ3v) is 5.61. The van der Waals surface area contributed by atoms with E-state index >= 15 is 0 Å². The second-order valence-electron chi connectivity index (χ2n) is 7.10. The van der Waals surface area contributed by atoms with Gasteiger partial charge in [-0.15, -0.1) is 0 Å². The minimum Gasteiger partial charge on any atom is -0.463 e. The van der Waals surface area contributed by atoms with Crippen LogP contribution in [0, 0.1) is 0 Å². The van der Waals surface area contributed by atoms with Crippen molar-refractivity contribution in [2.24, 2.45) is 0 Å². The van der Waals surface area contributed by atoms with E-state index in [2.05, 4.69) is 38.2 Å². The monoisotopic (exact) mass is 394 g/mol. The van der Waals surface area contributed by atoms with Crippen LogP contribution in [-0.2, 0) is 16.1 Å². The number of benzene rings is 1. The third-order valence-electron chi connectivity index (χ3n) is 3.32. The molecule has 0 saturated carbocycles. The summed E-state index contributed by atoms with van der Waals surface area (Å²) < 4.78 is 8.27. The summed E-state index contributed by atoms with van der Waals surface area (Å²) in [5, 5.41) is 4.62. The molecule has 0 radical (unpaired) electrons. The van der Waals surface area contributed by atoms with Crippen molar-refractivity contribution in [2.45, 2.75) is 49.0 Å². The molecule has 2 aromatic rings. The number of anilines is 2. The molecular formula is C19H28N3O2S2+. The molecular weight excluding hydrogens is 366 g/mol. The van der Waals surface area contributed by atoms with Gasteiger partial charge in [0.25, 0.3) is 0 Å². The molecule has 5 nitrogen and oxygen atoms in total. The van der Waals surface area contributed by atoms with Gasteiger partial charge >= 0.3 is 11.8 Å². The van der Waals surface area contributed by atoms with Gasteiger partial charge in [-0.3, -0.25) is 4.90 Å². The van der Waals surface area contributed by atoms with Crippen molar-refractivity contribution < 1.29 is 14.1 Å². The van der Waals surface area contributed by atoms with Gasteiger partial charge < -0.3 is 10.1 Å². The van der Waals surface area contributed by atoms with Gasteiger partial charge in [0.05, 0.1) is 20.7 Å². The lowest BCUT2D eigenvalue weighted by Gasteiger charge is -2.21. The minimum atomic E-state index is -0.226. The first-order valence-corrected chi connectivity index (χ1v) is 10.2. The SMILES string of the molecule is CCOC(=O)C[n+]1c(Sc2ccccc2)sc(NC(C)(C)C)c1N(C)C. The molecule has 1 N–H and O–H groups in total. The molecule has 7 heteroatoms. The zero-order valence-corrected chi connectivity index (χ0v) is 18.0. The smallest absolute Gasteiger partial charge is 0.348 e. The molecule has 142 valence electrons. The van der Waals surface area contributed by atoms with Crippen molar-refractivity contribution in [3.63, 3.8) is 0 Å². The van der Waals surface area contributed by atoms with E-state index in [1.54, 1.807) is 23.1 Å². The van der Waals surface area contributed by atoms with Crippen molar-refractivity contribution in [3.05, 3.63) is 30.3 Å². The number of hydrogen-bond donors (Lipinski definition) is 1. The van der Waals surface area contributed by atoms with E-state index in [4.69, 9.17) is 4.74 Å². The molecule has 0 saturated heterocycles. The van der Waals surface area contributed by atoms with Crippen molar-refractivity contribution in [1.29, 1.82) is 0 Å². The van der Waals surface area contributed by atoms with Crippen LogP contribution in [0.3, 0.4) is 0 Å². The Kier molecular flexibility index (Phi) is 6.94. The molecule has 0 unspecified atom stereocenters. The van der Waals surface area contributed by atoms with Crippen LogP contribution in [0.2, 0.25) is 0 Å². The molecule has 1 heterocycles. The summed E-state index contributed by atoms with van der Waals surface area (Å²) in [6.45, 7) is 8.80. The van der Waals surface area contributed by atoms with Crippen LogP contribution in [0.5, 0.6) is 0 Å². The highest BCUT2D eigenvalue weighted by atomic mass is 32.2. The lowest BCUT2D eigenvalue weighted by atomic mass is 10.1. The fourth-order valence-corrected chi connectivity index (χ4v) is 5.04. The average Bonchev–Trinajstić information content (AvgIpc) is 2.83. The Morgan fingerprint density at radius 2 is 1.92 bits per heavy atom. The summed E-state index contributed by atoms with van der Waals surface area (Å²) in [5.74, 6) is 0.757. The zero-order valence-electron chi connectivity index (χ0n) is 16.3. The molecule has 0 aliphatic rings. The van der Waals surface area contributed by atoms with Crippen LogP contribution in [0.15, 0.2) is 39.6 Å². The van der Waals surface area contributed by atoms with Crippen LogP contribution in [-0.4, -0.2) is 32.2 Å². The first-order valence-electron chi connectivity index (χ1n) is 8.62. The van der Waals surface area contributed by atoms with E-state index in [0.717, 1.165) is 20.1 Å². The molecule has 0 amide bonds. The highest BCUT2D eigenvalue weighted by Crippen LogP contribution is 2.39. The Labute approximate surface area is 164 Å². The quantitative estimate of drug-likeness (QED) is 0.567. The molecule has 0 aliphatic heterocycles. The highest BCUT2D eigenvalue weighted by molar-refractivity contribution is 8.01. The number of thiazole rings is 1. The number of carbonyl (C=O) groups is 1. The van der Waals surface area contributed by atoms with Gasteiger partial charge in [-0.25, -0.2) is 4.79 Å². The molecule has 1 aromatic heterocycles. The van der Waals surface area contributed by atoms with Crippen LogP contribution in [0.4, 0.5) is 10.8 Å². The van der Waals surface area contributed by atoms with Crippen LogP contribution in [0.1, 0.15) is 27.7 Å². The topological polar surface area (TPSA) is 45.5 Å². The summed E-state index contributed by atoms with van der Waals surface area (Å²) in [7, 11) is 3.99. The van der Waals surface area contributed by atoms with Gasteiger partial charge in [0.2, 0.25) is 4.34 Å². The van der Waals surface area contributed by atoms with Gasteiger partial charge in [-0.2, -0.15) is 4.57 Å². The number of hydrogen-bond acceptors (Lipinski definition) is 6. The zero-order chi connectivity index (χ0) is 19.3. The molecule has 0 bridgehead atoms. The largest absolute Gasteiger partial charge is 0.463 e. The molecule has 1 aromatic carbocycles. The van der Waals surface area contributed by atoms with Crippen molar-refractivity contribution >= 4 is 39.9 Å². The number of esters is 1. The number of ether oxygens (including phenoxy) is 1. The van der Waals surface area contributed by atoms with Gasteiger partial charge in [0, 0.05) is 10.4 Å². The Morgan fingerprint density at radius 1 is 1.27 bits per heavy atom. The summed E-state index contributed by atoms with van der Waals surface area (Å²) in [6, 6.07) is 10.2. The maximum atomic E-state index is 12.2. The van der Waals surface area contributed by atoms with Gasteiger partial charge in [-0.05, 0) is 51.6 Å². The fourth-order valence-electron chi connectivity index (χ4n) is 2.40. The normalized spacial score (nSPS) is 11.3. The minimum absolute atomic E-state index is 0.0773. The standard InChI is InChI=1S/C19H28N3O2S2/c1-7-24-15(23)13-22-17(21(5)6)16(20-19(2,3)4)26-18(22)25-14-11-9-8-10-12-14/h8-12,20H,7,13H2,1-6H3/q+1. The van der Waals surface area contributed by atoms with Crippen molar-refractivity contribution in [2.75, 3.05) is 30.9 Å². The Bertz CT molecular complexity index is 737. The number of nitrogens with zero attached hydrogens (tertiary/aromatic N) is 2. The summed E-state index contributed by atoms with van der Waals surface area (Å²) in [4.78, 5) is 15.4. The molecule has 2 rings (SSSR count). The number of aromatic nitrogens is 1. The third kappa shape index (κ3) is 5.64. The van der Waals surface area contributed by atoms with Crippen molar-refractivity contribution in [3.8, 4) is 0 Å². The van der Waals surface area contributed by atoms with E-state index in [1.165, 1.54) is 0 Å². The predicted octanol–water partition coefficient (Wildman–Crippen LogP) is 4.03. The molecule has 0 spiro atoms. The van der Waals surface area contributed by atoms with E-state index in [0.29, 0.717) is 6.61 Å². The van der Waals surface area contributed by atoms with E-state index in [1.807, 2.05) is 48.7 Å². The maximum Gasteiger partial charge on any atom is 0.348 e.